The molecule has 132 valence electrons. The second-order valence-corrected chi connectivity index (χ2v) is 6.26. The Kier molecular flexibility index (Phi) is 5.67. The summed E-state index contributed by atoms with van der Waals surface area (Å²) in [6.45, 7) is 1.76. The van der Waals surface area contributed by atoms with Gasteiger partial charge in [-0.3, -0.25) is 19.7 Å². The van der Waals surface area contributed by atoms with Crippen LogP contribution in [0.1, 0.15) is 22.3 Å². The molecule has 1 aliphatic rings. The third kappa shape index (κ3) is 4.37. The maximum atomic E-state index is 13.8. The molecular weight excluding hydrogens is 323 g/mol. The number of halogens is 1. The van der Waals surface area contributed by atoms with Gasteiger partial charge in [0.25, 0.3) is 5.91 Å². The highest BCUT2D eigenvalue weighted by molar-refractivity contribution is 5.94. The van der Waals surface area contributed by atoms with Crippen LogP contribution in [-0.2, 0) is 6.54 Å². The Labute approximate surface area is 145 Å². The molecule has 1 saturated heterocycles. The van der Waals surface area contributed by atoms with Gasteiger partial charge in [-0.25, -0.2) is 4.39 Å². The fourth-order valence-electron chi connectivity index (χ4n) is 3.12. The summed E-state index contributed by atoms with van der Waals surface area (Å²) in [6.07, 6.45) is 6.63. The predicted octanol–water partition coefficient (Wildman–Crippen LogP) is 1.23. The Bertz CT molecular complexity index is 713. The molecular formula is C18H21FN4O2. The van der Waals surface area contributed by atoms with Crippen LogP contribution in [0.15, 0.2) is 43.0 Å². The SMILES string of the molecule is O=C(N[C@@H]1CN(Cc2ccncc2F)CC[C@@H]1CO)c1cccnc1. The van der Waals surface area contributed by atoms with Gasteiger partial charge in [0, 0.05) is 55.8 Å². The van der Waals surface area contributed by atoms with Crippen LogP contribution >= 0.6 is 0 Å². The number of nitrogens with one attached hydrogen (secondary N) is 1. The summed E-state index contributed by atoms with van der Waals surface area (Å²) in [7, 11) is 0. The lowest BCUT2D eigenvalue weighted by Crippen LogP contribution is -2.53. The van der Waals surface area contributed by atoms with E-state index in [4.69, 9.17) is 0 Å². The van der Waals surface area contributed by atoms with Gasteiger partial charge >= 0.3 is 0 Å². The topological polar surface area (TPSA) is 78.4 Å². The molecule has 7 heteroatoms. The molecule has 25 heavy (non-hydrogen) atoms. The van der Waals surface area contributed by atoms with Crippen molar-refractivity contribution in [1.82, 2.24) is 20.2 Å². The fourth-order valence-corrected chi connectivity index (χ4v) is 3.12. The van der Waals surface area contributed by atoms with Crippen molar-refractivity contribution in [2.45, 2.75) is 19.0 Å². The molecule has 0 aliphatic carbocycles. The van der Waals surface area contributed by atoms with Gasteiger partial charge in [-0.05, 0) is 31.2 Å². The highest BCUT2D eigenvalue weighted by atomic mass is 19.1. The zero-order valence-corrected chi connectivity index (χ0v) is 13.8. The summed E-state index contributed by atoms with van der Waals surface area (Å²) in [4.78, 5) is 22.2. The minimum absolute atomic E-state index is 0.00937. The van der Waals surface area contributed by atoms with E-state index in [-0.39, 0.29) is 30.3 Å². The number of hydrogen-bond acceptors (Lipinski definition) is 5. The van der Waals surface area contributed by atoms with E-state index >= 15 is 0 Å². The van der Waals surface area contributed by atoms with Gasteiger partial charge in [0.2, 0.25) is 0 Å². The molecule has 0 radical (unpaired) electrons. The van der Waals surface area contributed by atoms with Crippen LogP contribution in [0, 0.1) is 11.7 Å². The Morgan fingerprint density at radius 1 is 1.32 bits per heavy atom. The number of hydrogen-bond donors (Lipinski definition) is 2. The number of carbonyl (C=O) groups excluding carboxylic acids is 1. The van der Waals surface area contributed by atoms with Gasteiger partial charge in [-0.1, -0.05) is 0 Å². The number of likely N-dealkylation sites (tertiary alicyclic amines) is 1. The lowest BCUT2D eigenvalue weighted by Gasteiger charge is -2.38. The maximum absolute atomic E-state index is 13.8. The van der Waals surface area contributed by atoms with Crippen molar-refractivity contribution in [1.29, 1.82) is 0 Å². The van der Waals surface area contributed by atoms with Crippen molar-refractivity contribution in [3.63, 3.8) is 0 Å². The first-order valence-electron chi connectivity index (χ1n) is 8.30. The fraction of sp³-hybridized carbons (Fsp3) is 0.389. The summed E-state index contributed by atoms with van der Waals surface area (Å²) in [6, 6.07) is 4.87. The van der Waals surface area contributed by atoms with Crippen LogP contribution in [0.3, 0.4) is 0 Å². The van der Waals surface area contributed by atoms with Crippen molar-refractivity contribution >= 4 is 5.91 Å². The molecule has 2 N–H and O–H groups in total. The van der Waals surface area contributed by atoms with Crippen LogP contribution < -0.4 is 5.32 Å². The molecule has 2 aromatic rings. The van der Waals surface area contributed by atoms with E-state index in [1.54, 1.807) is 30.6 Å². The molecule has 1 fully saturated rings. The summed E-state index contributed by atoms with van der Waals surface area (Å²) in [5.74, 6) is -0.560. The number of nitrogens with zero attached hydrogens (tertiary/aromatic N) is 3. The van der Waals surface area contributed by atoms with E-state index < -0.39 is 0 Å². The molecule has 0 spiro atoms. The molecule has 3 heterocycles. The quantitative estimate of drug-likeness (QED) is 0.853. The van der Waals surface area contributed by atoms with Gasteiger partial charge < -0.3 is 10.4 Å². The standard InChI is InChI=1S/C18H21FN4O2/c19-16-9-21-6-3-14(16)10-23-7-4-15(12-24)17(11-23)22-18(25)13-2-1-5-20-8-13/h1-3,5-6,8-9,15,17,24H,4,7,10-12H2,(H,22,25)/t15-,17-/m1/s1. The number of aliphatic hydroxyl groups is 1. The highest BCUT2D eigenvalue weighted by Gasteiger charge is 2.30. The van der Waals surface area contributed by atoms with Crippen LogP contribution in [0.5, 0.6) is 0 Å². The van der Waals surface area contributed by atoms with Crippen LogP contribution in [-0.4, -0.2) is 51.6 Å². The van der Waals surface area contributed by atoms with Crippen LogP contribution in [0.25, 0.3) is 0 Å². The summed E-state index contributed by atoms with van der Waals surface area (Å²) in [5, 5.41) is 12.6. The molecule has 2 atom stereocenters. The predicted molar refractivity (Wildman–Crippen MR) is 90.2 cm³/mol. The largest absolute Gasteiger partial charge is 0.396 e. The Hall–Kier alpha value is -2.38. The number of piperidine rings is 1. The minimum Gasteiger partial charge on any atom is -0.396 e. The van der Waals surface area contributed by atoms with Crippen molar-refractivity contribution in [2.24, 2.45) is 5.92 Å². The average Bonchev–Trinajstić information content (AvgIpc) is 2.64. The Balaban J connectivity index is 1.66. The third-order valence-electron chi connectivity index (χ3n) is 4.57. The Morgan fingerprint density at radius 3 is 2.88 bits per heavy atom. The lowest BCUT2D eigenvalue weighted by molar-refractivity contribution is 0.0727. The highest BCUT2D eigenvalue weighted by Crippen LogP contribution is 2.20. The molecule has 1 amide bonds. The zero-order chi connectivity index (χ0) is 17.6. The summed E-state index contributed by atoms with van der Waals surface area (Å²) >= 11 is 0. The number of aliphatic hydroxyl groups excluding tert-OH is 1. The van der Waals surface area contributed by atoms with E-state index in [2.05, 4.69) is 20.2 Å². The van der Waals surface area contributed by atoms with E-state index in [1.807, 2.05) is 0 Å². The normalized spacial score (nSPS) is 21.0. The second-order valence-electron chi connectivity index (χ2n) is 6.26. The first-order valence-corrected chi connectivity index (χ1v) is 8.30. The molecule has 0 saturated carbocycles. The first kappa shape index (κ1) is 17.4. The molecule has 2 aromatic heterocycles. The summed E-state index contributed by atoms with van der Waals surface area (Å²) in [5.41, 5.74) is 1.06. The van der Waals surface area contributed by atoms with Crippen LogP contribution in [0.4, 0.5) is 4.39 Å². The first-order chi connectivity index (χ1) is 12.2. The van der Waals surface area contributed by atoms with Gasteiger partial charge in [0.05, 0.1) is 11.8 Å². The van der Waals surface area contributed by atoms with Crippen LogP contribution in [0.2, 0.25) is 0 Å². The molecule has 0 aromatic carbocycles. The second kappa shape index (κ2) is 8.13. The van der Waals surface area contributed by atoms with Crippen molar-refractivity contribution < 1.29 is 14.3 Å². The van der Waals surface area contributed by atoms with Crippen molar-refractivity contribution in [2.75, 3.05) is 19.7 Å². The van der Waals surface area contributed by atoms with E-state index in [0.29, 0.717) is 24.2 Å². The van der Waals surface area contributed by atoms with Gasteiger partial charge in [0.15, 0.2) is 0 Å². The van der Waals surface area contributed by atoms with E-state index in [1.165, 1.54) is 12.4 Å². The average molecular weight is 344 g/mol. The molecule has 3 rings (SSSR count). The van der Waals surface area contributed by atoms with E-state index in [9.17, 15) is 14.3 Å². The third-order valence-corrected chi connectivity index (χ3v) is 4.57. The molecule has 1 aliphatic heterocycles. The number of aromatic nitrogens is 2. The van der Waals surface area contributed by atoms with Crippen molar-refractivity contribution in [3.05, 3.63) is 59.9 Å². The Morgan fingerprint density at radius 2 is 2.16 bits per heavy atom. The molecule has 6 nitrogen and oxygen atoms in total. The molecule has 0 unspecified atom stereocenters. The summed E-state index contributed by atoms with van der Waals surface area (Å²) < 4.78 is 13.8. The number of rotatable bonds is 5. The smallest absolute Gasteiger partial charge is 0.253 e. The minimum atomic E-state index is -0.331. The van der Waals surface area contributed by atoms with Crippen molar-refractivity contribution in [3.8, 4) is 0 Å². The number of pyridine rings is 2. The zero-order valence-electron chi connectivity index (χ0n) is 13.8. The molecule has 0 bridgehead atoms. The van der Waals surface area contributed by atoms with Gasteiger partial charge in [-0.2, -0.15) is 0 Å². The maximum Gasteiger partial charge on any atom is 0.253 e. The lowest BCUT2D eigenvalue weighted by atomic mass is 9.91. The van der Waals surface area contributed by atoms with Gasteiger partial charge in [0.1, 0.15) is 5.82 Å². The van der Waals surface area contributed by atoms with E-state index in [0.717, 1.165) is 13.0 Å². The number of carbonyl (C=O) groups is 1. The number of amides is 1. The monoisotopic (exact) mass is 344 g/mol. The van der Waals surface area contributed by atoms with Gasteiger partial charge in [-0.15, -0.1) is 0 Å².